The molecule has 1 aromatic heterocycles. The van der Waals surface area contributed by atoms with Gasteiger partial charge in [0.2, 0.25) is 0 Å². The summed E-state index contributed by atoms with van der Waals surface area (Å²) in [5.74, 6) is -0.837. The van der Waals surface area contributed by atoms with Crippen LogP contribution in [-0.4, -0.2) is 28.3 Å². The van der Waals surface area contributed by atoms with Gasteiger partial charge in [0.05, 0.1) is 19.1 Å². The zero-order valence-electron chi connectivity index (χ0n) is 20.7. The number of nitrogens with zero attached hydrogens (tertiary/aromatic N) is 1. The lowest BCUT2D eigenvalue weighted by atomic mass is 9.93. The Hall–Kier alpha value is -4.07. The Kier molecular flexibility index (Phi) is 9.64. The minimum absolute atomic E-state index is 0.113. The predicted molar refractivity (Wildman–Crippen MR) is 137 cm³/mol. The number of urea groups is 1. The number of anilines is 1. The molecule has 3 N–H and O–H groups in total. The first-order valence-corrected chi connectivity index (χ1v) is 11.3. The Balaban J connectivity index is 2.35. The second-order valence-electron chi connectivity index (χ2n) is 8.22. The van der Waals surface area contributed by atoms with E-state index in [-0.39, 0.29) is 24.5 Å². The number of esters is 1. The third kappa shape index (κ3) is 7.46. The average Bonchev–Trinajstić information content (AvgIpc) is 2.82. The van der Waals surface area contributed by atoms with E-state index < -0.39 is 23.6 Å². The van der Waals surface area contributed by atoms with Gasteiger partial charge in [-0.2, -0.15) is 0 Å². The van der Waals surface area contributed by atoms with E-state index in [2.05, 4.69) is 23.8 Å². The smallest absolute Gasteiger partial charge is 0.319 e. The fourth-order valence-electron chi connectivity index (χ4n) is 3.56. The number of pyridine rings is 1. The highest BCUT2D eigenvalue weighted by atomic mass is 16.5. The lowest BCUT2D eigenvalue weighted by Gasteiger charge is -2.20. The number of amides is 2. The lowest BCUT2D eigenvalue weighted by Crippen LogP contribution is -2.36. The van der Waals surface area contributed by atoms with Gasteiger partial charge in [0.1, 0.15) is 5.75 Å². The summed E-state index contributed by atoms with van der Waals surface area (Å²) in [5.41, 5.74) is 3.83. The fourth-order valence-corrected chi connectivity index (χ4v) is 3.56. The zero-order valence-corrected chi connectivity index (χ0v) is 20.7. The van der Waals surface area contributed by atoms with Gasteiger partial charge in [-0.15, -0.1) is 0 Å². The average molecular weight is 480 g/mol. The van der Waals surface area contributed by atoms with Crippen molar-refractivity contribution in [1.29, 1.82) is 0 Å². The summed E-state index contributed by atoms with van der Waals surface area (Å²) in [6.45, 7) is 13.7. The molecule has 1 heterocycles. The van der Waals surface area contributed by atoms with Crippen LogP contribution in [0.3, 0.4) is 0 Å². The Morgan fingerprint density at radius 2 is 1.97 bits per heavy atom. The predicted octanol–water partition coefficient (Wildman–Crippen LogP) is 4.53. The molecule has 186 valence electrons. The van der Waals surface area contributed by atoms with Crippen molar-refractivity contribution in [2.24, 2.45) is 7.05 Å². The molecule has 2 rings (SSSR count). The van der Waals surface area contributed by atoms with Gasteiger partial charge in [0, 0.05) is 13.2 Å². The number of aromatic hydroxyl groups is 1. The van der Waals surface area contributed by atoms with Crippen LogP contribution >= 0.6 is 0 Å². The van der Waals surface area contributed by atoms with Crippen LogP contribution in [0.4, 0.5) is 10.5 Å². The van der Waals surface area contributed by atoms with Crippen LogP contribution in [0.15, 0.2) is 77.3 Å². The van der Waals surface area contributed by atoms with E-state index >= 15 is 0 Å². The molecule has 8 heteroatoms. The molecule has 0 aliphatic heterocycles. The minimum atomic E-state index is -0.742. The van der Waals surface area contributed by atoms with Crippen molar-refractivity contribution in [3.63, 3.8) is 0 Å². The third-order valence-corrected chi connectivity index (χ3v) is 5.50. The molecule has 2 aromatic rings. The zero-order chi connectivity index (χ0) is 26.1. The molecule has 0 aliphatic carbocycles. The maximum atomic E-state index is 12.8. The van der Waals surface area contributed by atoms with Gasteiger partial charge in [-0.1, -0.05) is 49.1 Å². The van der Waals surface area contributed by atoms with E-state index in [0.717, 1.165) is 22.3 Å². The second kappa shape index (κ2) is 12.4. The molecule has 0 aliphatic rings. The third-order valence-electron chi connectivity index (χ3n) is 5.50. The molecule has 35 heavy (non-hydrogen) atoms. The first kappa shape index (κ1) is 27.2. The summed E-state index contributed by atoms with van der Waals surface area (Å²) in [7, 11) is 1.50. The van der Waals surface area contributed by atoms with Crippen molar-refractivity contribution in [3.05, 3.63) is 94.0 Å². The van der Waals surface area contributed by atoms with Crippen LogP contribution in [0.1, 0.15) is 44.4 Å². The standard InChI is InChI=1S/C27H33N3O5/c1-7-18(5)21(17(3)4)15-19-10-9-11-20(14-19)22(16-24(32)35-8-2)28-27(34)29-25-23(31)12-13-30(6)26(25)33/h7,9-14,22,31H,1,3,8,15-16H2,2,4-6H3,(H2,28,29,34)/b21-18-. The first-order chi connectivity index (χ1) is 16.6. The number of aryl methyl sites for hydroxylation is 1. The number of nitrogens with one attached hydrogen (secondary N) is 2. The molecule has 2 amide bonds. The maximum Gasteiger partial charge on any atom is 0.319 e. The van der Waals surface area contributed by atoms with E-state index in [1.165, 1.54) is 23.9 Å². The van der Waals surface area contributed by atoms with E-state index in [0.29, 0.717) is 12.0 Å². The summed E-state index contributed by atoms with van der Waals surface area (Å²) >= 11 is 0. The van der Waals surface area contributed by atoms with Gasteiger partial charge in [-0.05, 0) is 55.5 Å². The molecule has 0 spiro atoms. The molecular weight excluding hydrogens is 446 g/mol. The Bertz CT molecular complexity index is 1210. The van der Waals surface area contributed by atoms with Crippen molar-refractivity contribution in [2.75, 3.05) is 11.9 Å². The normalized spacial score (nSPS) is 12.2. The fraction of sp³-hybridized carbons (Fsp3) is 0.296. The van der Waals surface area contributed by atoms with Crippen molar-refractivity contribution >= 4 is 17.7 Å². The topological polar surface area (TPSA) is 110 Å². The summed E-state index contributed by atoms with van der Waals surface area (Å²) in [6, 6.07) is 7.33. The van der Waals surface area contributed by atoms with Crippen LogP contribution in [0.5, 0.6) is 5.75 Å². The number of aromatic nitrogens is 1. The molecule has 0 fully saturated rings. The van der Waals surface area contributed by atoms with E-state index in [9.17, 15) is 19.5 Å². The molecule has 1 unspecified atom stereocenters. The van der Waals surface area contributed by atoms with E-state index in [1.54, 1.807) is 19.1 Å². The Morgan fingerprint density at radius 1 is 1.26 bits per heavy atom. The van der Waals surface area contributed by atoms with Crippen LogP contribution in [0, 0.1) is 0 Å². The number of hydrogen-bond acceptors (Lipinski definition) is 5. The van der Waals surface area contributed by atoms with Gasteiger partial charge in [-0.3, -0.25) is 9.59 Å². The number of carbonyl (C=O) groups excluding carboxylic acids is 2. The summed E-state index contributed by atoms with van der Waals surface area (Å²) in [4.78, 5) is 37.3. The highest BCUT2D eigenvalue weighted by molar-refractivity contribution is 5.91. The first-order valence-electron chi connectivity index (χ1n) is 11.3. The molecule has 0 saturated heterocycles. The lowest BCUT2D eigenvalue weighted by molar-refractivity contribution is -0.143. The van der Waals surface area contributed by atoms with Gasteiger partial charge in [-0.25, -0.2) is 4.79 Å². The molecule has 1 aromatic carbocycles. The second-order valence-corrected chi connectivity index (χ2v) is 8.22. The van der Waals surface area contributed by atoms with Gasteiger partial charge < -0.3 is 25.0 Å². The van der Waals surface area contributed by atoms with Crippen LogP contribution in [0.2, 0.25) is 0 Å². The van der Waals surface area contributed by atoms with Crippen molar-refractivity contribution in [2.45, 2.75) is 39.7 Å². The molecule has 0 radical (unpaired) electrons. The van der Waals surface area contributed by atoms with Gasteiger partial charge >= 0.3 is 12.0 Å². The summed E-state index contributed by atoms with van der Waals surface area (Å²) in [6.07, 6.45) is 3.66. The van der Waals surface area contributed by atoms with Gasteiger partial charge in [0.15, 0.2) is 5.69 Å². The number of rotatable bonds is 10. The number of ether oxygens (including phenoxy) is 1. The van der Waals surface area contributed by atoms with Crippen molar-refractivity contribution < 1.29 is 19.4 Å². The van der Waals surface area contributed by atoms with Crippen LogP contribution in [0.25, 0.3) is 0 Å². The largest absolute Gasteiger partial charge is 0.505 e. The summed E-state index contributed by atoms with van der Waals surface area (Å²) < 4.78 is 6.31. The molecule has 0 saturated carbocycles. The monoisotopic (exact) mass is 479 g/mol. The van der Waals surface area contributed by atoms with Crippen LogP contribution in [-0.2, 0) is 23.0 Å². The van der Waals surface area contributed by atoms with E-state index in [4.69, 9.17) is 4.74 Å². The highest BCUT2D eigenvalue weighted by Gasteiger charge is 2.21. The van der Waals surface area contributed by atoms with Gasteiger partial charge in [0.25, 0.3) is 5.56 Å². The number of benzene rings is 1. The Labute approximate surface area is 205 Å². The Morgan fingerprint density at radius 3 is 2.60 bits per heavy atom. The van der Waals surface area contributed by atoms with Crippen molar-refractivity contribution in [1.82, 2.24) is 9.88 Å². The SMILES string of the molecule is C=C/C(C)=C(/Cc1cccc(C(CC(=O)OCC)NC(=O)Nc2c(O)ccn(C)c2=O)c1)C(=C)C. The molecule has 1 atom stereocenters. The molecule has 0 bridgehead atoms. The van der Waals surface area contributed by atoms with Crippen LogP contribution < -0.4 is 16.2 Å². The number of carbonyl (C=O) groups is 2. The molecular formula is C27H33N3O5. The molecule has 8 nitrogen and oxygen atoms in total. The number of allylic oxidation sites excluding steroid dienone is 4. The van der Waals surface area contributed by atoms with E-state index in [1.807, 2.05) is 32.0 Å². The summed E-state index contributed by atoms with van der Waals surface area (Å²) in [5, 5.41) is 15.1. The highest BCUT2D eigenvalue weighted by Crippen LogP contribution is 2.24. The maximum absolute atomic E-state index is 12.8. The number of hydrogen-bond donors (Lipinski definition) is 3. The quantitative estimate of drug-likeness (QED) is 0.343. The van der Waals surface area contributed by atoms with Crippen molar-refractivity contribution in [3.8, 4) is 5.75 Å². The minimum Gasteiger partial charge on any atom is -0.505 e.